The highest BCUT2D eigenvalue weighted by atomic mass is 19.1. The standard InChI is InChI=1S/C5H5BFN/c6-4(5(7)8)3-1-2-3/h1-4,8H. The van der Waals surface area contributed by atoms with E-state index in [1.165, 1.54) is 0 Å². The van der Waals surface area contributed by atoms with Crippen molar-refractivity contribution in [1.29, 1.82) is 5.41 Å². The van der Waals surface area contributed by atoms with Gasteiger partial charge in [-0.25, -0.2) is 0 Å². The van der Waals surface area contributed by atoms with Crippen molar-refractivity contribution >= 4 is 13.8 Å². The Morgan fingerprint density at radius 2 is 2.25 bits per heavy atom. The molecule has 0 aliphatic heterocycles. The number of rotatable bonds is 2. The molecule has 0 aromatic carbocycles. The van der Waals surface area contributed by atoms with Crippen LogP contribution < -0.4 is 0 Å². The van der Waals surface area contributed by atoms with Gasteiger partial charge in [0.2, 0.25) is 0 Å². The van der Waals surface area contributed by atoms with Crippen molar-refractivity contribution < 1.29 is 4.39 Å². The molecule has 1 unspecified atom stereocenters. The highest BCUT2D eigenvalue weighted by molar-refractivity contribution is 6.23. The summed E-state index contributed by atoms with van der Waals surface area (Å²) in [5, 5.41) is 6.44. The molecular formula is C5H5BFN. The van der Waals surface area contributed by atoms with E-state index in [4.69, 9.17) is 13.3 Å². The van der Waals surface area contributed by atoms with Crippen molar-refractivity contribution in [3.8, 4) is 0 Å². The van der Waals surface area contributed by atoms with Crippen LogP contribution in [-0.2, 0) is 0 Å². The number of hydrogen-bond donors (Lipinski definition) is 1. The summed E-state index contributed by atoms with van der Waals surface area (Å²) in [6.45, 7) is 0. The lowest BCUT2D eigenvalue weighted by Gasteiger charge is -2.01. The van der Waals surface area contributed by atoms with Crippen LogP contribution in [0.1, 0.15) is 0 Å². The Labute approximate surface area is 48.5 Å². The monoisotopic (exact) mass is 109 g/mol. The summed E-state index contributed by atoms with van der Waals surface area (Å²) in [6.07, 6.45) is 3.55. The molecule has 0 saturated heterocycles. The van der Waals surface area contributed by atoms with E-state index in [2.05, 4.69) is 0 Å². The minimum absolute atomic E-state index is 0.0208. The zero-order chi connectivity index (χ0) is 6.15. The lowest BCUT2D eigenvalue weighted by Crippen LogP contribution is -2.03. The quantitative estimate of drug-likeness (QED) is 0.311. The SMILES string of the molecule is [B]C(C(=N)F)C1C=C1. The van der Waals surface area contributed by atoms with Crippen molar-refractivity contribution in [1.82, 2.24) is 0 Å². The molecule has 0 aromatic rings. The van der Waals surface area contributed by atoms with E-state index in [1.807, 2.05) is 0 Å². The Morgan fingerprint density at radius 3 is 2.38 bits per heavy atom. The van der Waals surface area contributed by atoms with E-state index in [1.54, 1.807) is 12.2 Å². The summed E-state index contributed by atoms with van der Waals surface area (Å²) in [4.78, 5) is 0. The van der Waals surface area contributed by atoms with Crippen molar-refractivity contribution in [2.75, 3.05) is 0 Å². The van der Waals surface area contributed by atoms with Crippen LogP contribution >= 0.6 is 0 Å². The van der Waals surface area contributed by atoms with Crippen LogP contribution in [0.3, 0.4) is 0 Å². The average Bonchev–Trinajstić information content (AvgIpc) is 2.43. The van der Waals surface area contributed by atoms with Crippen LogP contribution in [0, 0.1) is 11.3 Å². The van der Waals surface area contributed by atoms with Gasteiger partial charge in [0.1, 0.15) is 0 Å². The van der Waals surface area contributed by atoms with Gasteiger partial charge in [-0.05, 0) is 5.92 Å². The number of hydrogen-bond acceptors (Lipinski definition) is 1. The van der Waals surface area contributed by atoms with E-state index in [0.29, 0.717) is 0 Å². The van der Waals surface area contributed by atoms with E-state index in [9.17, 15) is 4.39 Å². The van der Waals surface area contributed by atoms with Gasteiger partial charge in [-0.15, -0.1) is 0 Å². The maximum atomic E-state index is 11.8. The molecule has 1 atom stereocenters. The predicted octanol–water partition coefficient (Wildman–Crippen LogP) is 1.08. The molecule has 0 spiro atoms. The molecule has 1 aliphatic carbocycles. The smallest absolute Gasteiger partial charge is 0.176 e. The number of halogens is 1. The third-order valence-electron chi connectivity index (χ3n) is 1.12. The minimum atomic E-state index is -0.931. The zero-order valence-corrected chi connectivity index (χ0v) is 4.26. The molecule has 1 N–H and O–H groups in total. The van der Waals surface area contributed by atoms with Crippen LogP contribution in [0.5, 0.6) is 0 Å². The molecule has 1 nitrogen and oxygen atoms in total. The van der Waals surface area contributed by atoms with Crippen LogP contribution in [0.15, 0.2) is 12.2 Å². The second kappa shape index (κ2) is 1.73. The lowest BCUT2D eigenvalue weighted by atomic mass is 9.82. The fourth-order valence-corrected chi connectivity index (χ4v) is 0.473. The van der Waals surface area contributed by atoms with Gasteiger partial charge in [0, 0.05) is 5.82 Å². The third-order valence-corrected chi connectivity index (χ3v) is 1.12. The minimum Gasteiger partial charge on any atom is -0.278 e. The average molecular weight is 109 g/mol. The lowest BCUT2D eigenvalue weighted by molar-refractivity contribution is 0.732. The van der Waals surface area contributed by atoms with Gasteiger partial charge < -0.3 is 0 Å². The number of nitrogens with one attached hydrogen (secondary N) is 1. The van der Waals surface area contributed by atoms with Gasteiger partial charge in [-0.3, -0.25) is 5.41 Å². The maximum absolute atomic E-state index is 11.8. The summed E-state index contributed by atoms with van der Waals surface area (Å²) in [5.74, 6) is -1.62. The molecule has 40 valence electrons. The molecule has 8 heavy (non-hydrogen) atoms. The van der Waals surface area contributed by atoms with Crippen molar-refractivity contribution in [2.45, 2.75) is 5.82 Å². The van der Waals surface area contributed by atoms with Crippen molar-refractivity contribution in [3.05, 3.63) is 12.2 Å². The third kappa shape index (κ3) is 0.969. The fraction of sp³-hybridized carbons (Fsp3) is 0.400. The first kappa shape index (κ1) is 5.54. The van der Waals surface area contributed by atoms with Gasteiger partial charge in [-0.2, -0.15) is 4.39 Å². The first-order valence-corrected chi connectivity index (χ1v) is 2.39. The van der Waals surface area contributed by atoms with Gasteiger partial charge in [-0.1, -0.05) is 12.2 Å². The molecule has 3 heteroatoms. The first-order valence-electron chi connectivity index (χ1n) is 2.39. The van der Waals surface area contributed by atoms with E-state index < -0.39 is 11.8 Å². The zero-order valence-electron chi connectivity index (χ0n) is 4.26. The predicted molar refractivity (Wildman–Crippen MR) is 31.0 cm³/mol. The molecule has 0 amide bonds. The summed E-state index contributed by atoms with van der Waals surface area (Å²) in [5.41, 5.74) is 0. The van der Waals surface area contributed by atoms with Crippen LogP contribution in [0.2, 0.25) is 5.82 Å². The van der Waals surface area contributed by atoms with Crippen molar-refractivity contribution in [3.63, 3.8) is 0 Å². The Kier molecular flexibility index (Phi) is 1.20. The summed E-state index contributed by atoms with van der Waals surface area (Å²) in [7, 11) is 5.16. The maximum Gasteiger partial charge on any atom is 0.176 e. The van der Waals surface area contributed by atoms with Gasteiger partial charge >= 0.3 is 0 Å². The van der Waals surface area contributed by atoms with E-state index in [-0.39, 0.29) is 5.92 Å². The normalized spacial score (nSPS) is 20.6. The van der Waals surface area contributed by atoms with E-state index in [0.717, 1.165) is 0 Å². The highest BCUT2D eigenvalue weighted by Gasteiger charge is 2.22. The Bertz CT molecular complexity index is 137. The molecule has 0 heterocycles. The largest absolute Gasteiger partial charge is 0.278 e. The topological polar surface area (TPSA) is 23.9 Å². The Morgan fingerprint density at radius 1 is 1.75 bits per heavy atom. The molecular weight excluding hydrogens is 104 g/mol. The Balaban J connectivity index is 2.34. The molecule has 1 aliphatic rings. The molecule has 2 radical (unpaired) electrons. The van der Waals surface area contributed by atoms with Crippen molar-refractivity contribution in [2.24, 2.45) is 5.92 Å². The molecule has 0 fully saturated rings. The van der Waals surface area contributed by atoms with Crippen LogP contribution in [-0.4, -0.2) is 13.8 Å². The summed E-state index contributed by atoms with van der Waals surface area (Å²) in [6, 6.07) is 0. The van der Waals surface area contributed by atoms with Gasteiger partial charge in [0.15, 0.2) is 5.97 Å². The summed E-state index contributed by atoms with van der Waals surface area (Å²) < 4.78 is 11.8. The van der Waals surface area contributed by atoms with E-state index >= 15 is 0 Å². The second-order valence-corrected chi connectivity index (χ2v) is 1.84. The van der Waals surface area contributed by atoms with Gasteiger partial charge in [0.25, 0.3) is 0 Å². The molecule has 0 saturated carbocycles. The highest BCUT2D eigenvalue weighted by Crippen LogP contribution is 2.29. The summed E-state index contributed by atoms with van der Waals surface area (Å²) >= 11 is 0. The Hall–Kier alpha value is -0.595. The van der Waals surface area contributed by atoms with Crippen LogP contribution in [0.4, 0.5) is 4.39 Å². The van der Waals surface area contributed by atoms with Crippen LogP contribution in [0.25, 0.3) is 0 Å². The first-order chi connectivity index (χ1) is 3.72. The fourth-order valence-electron chi connectivity index (χ4n) is 0.473. The number of allylic oxidation sites excluding steroid dienone is 2. The molecule has 0 bridgehead atoms. The molecule has 1 rings (SSSR count). The second-order valence-electron chi connectivity index (χ2n) is 1.84. The molecule has 0 aromatic heterocycles. The van der Waals surface area contributed by atoms with Gasteiger partial charge in [0.05, 0.1) is 7.85 Å².